The Bertz CT molecular complexity index is 279. The molecule has 3 atom stereocenters. The second-order valence-electron chi connectivity index (χ2n) is 4.78. The fraction of sp³-hybridized carbons (Fsp3) is 0.909. The predicted octanol–water partition coefficient (Wildman–Crippen LogP) is -1.51. The van der Waals surface area contributed by atoms with Gasteiger partial charge >= 0.3 is 0 Å². The Morgan fingerprint density at radius 3 is 2.94 bits per heavy atom. The summed E-state index contributed by atoms with van der Waals surface area (Å²) in [6.07, 6.45) is 0.573. The molecule has 2 fully saturated rings. The highest BCUT2D eigenvalue weighted by atomic mass is 16.5. The number of nitrogens with one attached hydrogen (secondary N) is 2. The minimum absolute atomic E-state index is 0.0597. The third-order valence-electron chi connectivity index (χ3n) is 3.46. The first-order valence-electron chi connectivity index (χ1n) is 5.97. The molecule has 6 nitrogen and oxygen atoms in total. The molecule has 6 heteroatoms. The van der Waals surface area contributed by atoms with E-state index in [0.29, 0.717) is 32.8 Å². The van der Waals surface area contributed by atoms with Gasteiger partial charge in [-0.2, -0.15) is 0 Å². The molecule has 98 valence electrons. The van der Waals surface area contributed by atoms with E-state index in [4.69, 9.17) is 9.47 Å². The van der Waals surface area contributed by atoms with Gasteiger partial charge < -0.3 is 25.2 Å². The molecule has 0 aliphatic carbocycles. The second-order valence-corrected chi connectivity index (χ2v) is 4.78. The predicted molar refractivity (Wildman–Crippen MR) is 60.6 cm³/mol. The summed E-state index contributed by atoms with van der Waals surface area (Å²) in [6.45, 7) is 2.09. The molecule has 0 aromatic carbocycles. The zero-order valence-electron chi connectivity index (χ0n) is 10.1. The van der Waals surface area contributed by atoms with Gasteiger partial charge in [0.25, 0.3) is 0 Å². The van der Waals surface area contributed by atoms with E-state index < -0.39 is 5.60 Å². The molecular formula is C11H20N2O4. The van der Waals surface area contributed by atoms with Gasteiger partial charge in [0, 0.05) is 25.6 Å². The first-order valence-corrected chi connectivity index (χ1v) is 5.97. The minimum Gasteiger partial charge on any atom is -0.386 e. The summed E-state index contributed by atoms with van der Waals surface area (Å²) >= 11 is 0. The average molecular weight is 244 g/mol. The maximum Gasteiger partial charge on any atom is 0.227 e. The molecule has 2 aliphatic rings. The number of carbonyl (C=O) groups excluding carboxylic acids is 1. The van der Waals surface area contributed by atoms with E-state index in [-0.39, 0.29) is 24.4 Å². The number of hydrogen-bond donors (Lipinski definition) is 3. The molecule has 2 heterocycles. The third kappa shape index (κ3) is 2.95. The largest absolute Gasteiger partial charge is 0.386 e. The summed E-state index contributed by atoms with van der Waals surface area (Å²) < 4.78 is 10.4. The van der Waals surface area contributed by atoms with Crippen LogP contribution in [-0.4, -0.2) is 62.7 Å². The van der Waals surface area contributed by atoms with Crippen LogP contribution in [0.3, 0.4) is 0 Å². The number of ether oxygens (including phenoxy) is 2. The van der Waals surface area contributed by atoms with Crippen LogP contribution in [0.4, 0.5) is 0 Å². The van der Waals surface area contributed by atoms with Crippen LogP contribution in [0.1, 0.15) is 6.42 Å². The van der Waals surface area contributed by atoms with Crippen molar-refractivity contribution in [3.63, 3.8) is 0 Å². The molecule has 1 amide bonds. The van der Waals surface area contributed by atoms with Crippen LogP contribution in [0.25, 0.3) is 0 Å². The number of carbonyl (C=O) groups is 1. The van der Waals surface area contributed by atoms with Gasteiger partial charge in [0.2, 0.25) is 5.91 Å². The Labute approximate surface area is 101 Å². The van der Waals surface area contributed by atoms with Gasteiger partial charge in [-0.1, -0.05) is 0 Å². The fourth-order valence-corrected chi connectivity index (χ4v) is 2.22. The van der Waals surface area contributed by atoms with Crippen LogP contribution in [0.15, 0.2) is 0 Å². The Morgan fingerprint density at radius 2 is 2.29 bits per heavy atom. The Kier molecular flexibility index (Phi) is 3.98. The SMILES string of the molecule is CNC1COCC1C(=O)NCC1(O)CCOC1. The van der Waals surface area contributed by atoms with Crippen molar-refractivity contribution in [2.45, 2.75) is 18.1 Å². The molecule has 0 bridgehead atoms. The molecule has 0 aromatic heterocycles. The summed E-state index contributed by atoms with van der Waals surface area (Å²) in [5, 5.41) is 15.9. The van der Waals surface area contributed by atoms with Gasteiger partial charge in [-0.25, -0.2) is 0 Å². The summed E-state index contributed by atoms with van der Waals surface area (Å²) in [5.74, 6) is -0.243. The van der Waals surface area contributed by atoms with Gasteiger partial charge in [-0.05, 0) is 7.05 Å². The van der Waals surface area contributed by atoms with Gasteiger partial charge in [0.05, 0.1) is 25.7 Å². The van der Waals surface area contributed by atoms with Gasteiger partial charge in [0.1, 0.15) is 5.60 Å². The summed E-state index contributed by atoms with van der Waals surface area (Å²) in [7, 11) is 1.82. The Balaban J connectivity index is 1.80. The van der Waals surface area contributed by atoms with Crippen molar-refractivity contribution in [1.82, 2.24) is 10.6 Å². The summed E-state index contributed by atoms with van der Waals surface area (Å²) in [4.78, 5) is 11.9. The maximum atomic E-state index is 11.9. The van der Waals surface area contributed by atoms with Crippen molar-refractivity contribution >= 4 is 5.91 Å². The van der Waals surface area contributed by atoms with Gasteiger partial charge in [-0.3, -0.25) is 4.79 Å². The van der Waals surface area contributed by atoms with Crippen molar-refractivity contribution in [2.24, 2.45) is 5.92 Å². The Morgan fingerprint density at radius 1 is 1.47 bits per heavy atom. The lowest BCUT2D eigenvalue weighted by molar-refractivity contribution is -0.126. The smallest absolute Gasteiger partial charge is 0.227 e. The first-order chi connectivity index (χ1) is 8.14. The number of likely N-dealkylation sites (N-methyl/N-ethyl adjacent to an activating group) is 1. The molecule has 0 aromatic rings. The van der Waals surface area contributed by atoms with Crippen molar-refractivity contribution < 1.29 is 19.4 Å². The van der Waals surface area contributed by atoms with Crippen LogP contribution in [-0.2, 0) is 14.3 Å². The highest BCUT2D eigenvalue weighted by Crippen LogP contribution is 2.18. The van der Waals surface area contributed by atoms with Crippen LogP contribution in [0.2, 0.25) is 0 Å². The van der Waals surface area contributed by atoms with E-state index in [1.54, 1.807) is 0 Å². The van der Waals surface area contributed by atoms with E-state index in [0.717, 1.165) is 0 Å². The number of hydrogen-bond acceptors (Lipinski definition) is 5. The van der Waals surface area contributed by atoms with Crippen LogP contribution in [0, 0.1) is 5.92 Å². The zero-order chi connectivity index (χ0) is 12.3. The molecule has 3 N–H and O–H groups in total. The standard InChI is InChI=1S/C11H20N2O4/c1-12-9-5-17-4-8(9)10(14)13-6-11(15)2-3-16-7-11/h8-9,12,15H,2-7H2,1H3,(H,13,14). The lowest BCUT2D eigenvalue weighted by Crippen LogP contribution is -2.48. The second kappa shape index (κ2) is 5.30. The molecular weight excluding hydrogens is 224 g/mol. The number of aliphatic hydroxyl groups is 1. The minimum atomic E-state index is -0.899. The monoisotopic (exact) mass is 244 g/mol. The lowest BCUT2D eigenvalue weighted by atomic mass is 10.0. The lowest BCUT2D eigenvalue weighted by Gasteiger charge is -2.23. The Hall–Kier alpha value is -0.690. The average Bonchev–Trinajstić information content (AvgIpc) is 2.95. The normalized spacial score (nSPS) is 37.3. The molecule has 0 spiro atoms. The summed E-state index contributed by atoms with van der Waals surface area (Å²) in [6, 6.07) is 0.0597. The van der Waals surface area contributed by atoms with Crippen LogP contribution >= 0.6 is 0 Å². The fourth-order valence-electron chi connectivity index (χ4n) is 2.22. The molecule has 2 saturated heterocycles. The van der Waals surface area contributed by atoms with E-state index in [2.05, 4.69) is 10.6 Å². The topological polar surface area (TPSA) is 79.8 Å². The number of rotatable bonds is 4. The van der Waals surface area contributed by atoms with Crippen molar-refractivity contribution in [3.05, 3.63) is 0 Å². The molecule has 0 radical (unpaired) electrons. The van der Waals surface area contributed by atoms with Crippen LogP contribution in [0.5, 0.6) is 0 Å². The molecule has 0 saturated carbocycles. The molecule has 17 heavy (non-hydrogen) atoms. The first kappa shape index (κ1) is 12.8. The molecule has 2 aliphatic heterocycles. The quantitative estimate of drug-likeness (QED) is 0.560. The van der Waals surface area contributed by atoms with Crippen molar-refractivity contribution in [3.8, 4) is 0 Å². The van der Waals surface area contributed by atoms with E-state index >= 15 is 0 Å². The van der Waals surface area contributed by atoms with Gasteiger partial charge in [0.15, 0.2) is 0 Å². The van der Waals surface area contributed by atoms with E-state index in [1.165, 1.54) is 0 Å². The highest BCUT2D eigenvalue weighted by Gasteiger charge is 2.36. The van der Waals surface area contributed by atoms with E-state index in [1.807, 2.05) is 7.05 Å². The highest BCUT2D eigenvalue weighted by molar-refractivity contribution is 5.80. The van der Waals surface area contributed by atoms with Crippen LogP contribution < -0.4 is 10.6 Å². The van der Waals surface area contributed by atoms with Crippen molar-refractivity contribution in [2.75, 3.05) is 40.0 Å². The zero-order valence-corrected chi connectivity index (χ0v) is 10.1. The van der Waals surface area contributed by atoms with Gasteiger partial charge in [-0.15, -0.1) is 0 Å². The van der Waals surface area contributed by atoms with E-state index in [9.17, 15) is 9.90 Å². The molecule has 2 rings (SSSR count). The van der Waals surface area contributed by atoms with Crippen molar-refractivity contribution in [1.29, 1.82) is 0 Å². The maximum absolute atomic E-state index is 11.9. The molecule has 3 unspecified atom stereocenters. The summed E-state index contributed by atoms with van der Waals surface area (Å²) in [5.41, 5.74) is -0.899. The third-order valence-corrected chi connectivity index (χ3v) is 3.46. The number of amides is 1.